The number of hydrogen-bond donors (Lipinski definition) is 1. The van der Waals surface area contributed by atoms with Gasteiger partial charge < -0.3 is 5.32 Å². The molecule has 3 nitrogen and oxygen atoms in total. The fraction of sp³-hybridized carbons (Fsp3) is 0.750. The van der Waals surface area contributed by atoms with Crippen molar-refractivity contribution < 1.29 is 0 Å². The molecule has 1 aliphatic carbocycles. The third-order valence-electron chi connectivity index (χ3n) is 3.05. The lowest BCUT2D eigenvalue weighted by atomic mass is 10.2. The molecule has 0 atom stereocenters. The molecule has 1 N–H and O–H groups in total. The van der Waals surface area contributed by atoms with Crippen molar-refractivity contribution in [3.8, 4) is 0 Å². The van der Waals surface area contributed by atoms with E-state index in [4.69, 9.17) is 11.6 Å². The average Bonchev–Trinajstić information content (AvgIpc) is 3.05. The molecule has 1 aromatic rings. The molecule has 0 amide bonds. The zero-order chi connectivity index (χ0) is 11.5. The van der Waals surface area contributed by atoms with Gasteiger partial charge in [0.15, 0.2) is 0 Å². The summed E-state index contributed by atoms with van der Waals surface area (Å²) < 4.78 is 2.02. The second-order valence-electron chi connectivity index (χ2n) is 4.49. The van der Waals surface area contributed by atoms with Crippen LogP contribution in [0.1, 0.15) is 37.6 Å². The number of nitrogens with one attached hydrogen (secondary N) is 1. The smallest absolute Gasteiger partial charge is 0.0847 e. The standard InChI is InChI=1S/C12H20ClN3/c1-3-16-11(12(13)9(2)15-16)5-4-8-14-10-6-7-10/h10,14H,3-8H2,1-2H3. The summed E-state index contributed by atoms with van der Waals surface area (Å²) in [5.41, 5.74) is 2.15. The predicted molar refractivity (Wildman–Crippen MR) is 67.0 cm³/mol. The van der Waals surface area contributed by atoms with Crippen molar-refractivity contribution in [2.24, 2.45) is 0 Å². The van der Waals surface area contributed by atoms with Gasteiger partial charge in [0.25, 0.3) is 0 Å². The Bertz CT molecular complexity index is 355. The summed E-state index contributed by atoms with van der Waals surface area (Å²) in [5, 5.41) is 8.79. The second-order valence-corrected chi connectivity index (χ2v) is 4.87. The van der Waals surface area contributed by atoms with Crippen LogP contribution in [0.3, 0.4) is 0 Å². The van der Waals surface area contributed by atoms with Crippen LogP contribution in [0.5, 0.6) is 0 Å². The SMILES string of the molecule is CCn1nc(C)c(Cl)c1CCCNC1CC1. The number of aryl methyl sites for hydroxylation is 2. The highest BCUT2D eigenvalue weighted by Crippen LogP contribution is 2.22. The third kappa shape index (κ3) is 2.77. The number of hydrogen-bond acceptors (Lipinski definition) is 2. The van der Waals surface area contributed by atoms with Gasteiger partial charge in [-0.3, -0.25) is 4.68 Å². The zero-order valence-corrected chi connectivity index (χ0v) is 10.8. The lowest BCUT2D eigenvalue weighted by Gasteiger charge is -2.06. The van der Waals surface area contributed by atoms with E-state index in [1.54, 1.807) is 0 Å². The van der Waals surface area contributed by atoms with Gasteiger partial charge in [0, 0.05) is 12.6 Å². The number of halogens is 1. The van der Waals surface area contributed by atoms with Gasteiger partial charge in [0.1, 0.15) is 0 Å². The van der Waals surface area contributed by atoms with Gasteiger partial charge in [-0.1, -0.05) is 11.6 Å². The first-order valence-electron chi connectivity index (χ1n) is 6.17. The van der Waals surface area contributed by atoms with Crippen molar-refractivity contribution >= 4 is 11.6 Å². The van der Waals surface area contributed by atoms with E-state index in [1.165, 1.54) is 18.5 Å². The number of aromatic nitrogens is 2. The fourth-order valence-electron chi connectivity index (χ4n) is 1.96. The molecular formula is C12H20ClN3. The van der Waals surface area contributed by atoms with E-state index >= 15 is 0 Å². The largest absolute Gasteiger partial charge is 0.314 e. The maximum atomic E-state index is 6.24. The normalized spacial score (nSPS) is 15.7. The van der Waals surface area contributed by atoms with Crippen LogP contribution in [0.2, 0.25) is 5.02 Å². The average molecular weight is 242 g/mol. The van der Waals surface area contributed by atoms with E-state index in [0.717, 1.165) is 42.7 Å². The van der Waals surface area contributed by atoms with Gasteiger partial charge in [-0.05, 0) is 46.1 Å². The highest BCUT2D eigenvalue weighted by Gasteiger charge is 2.19. The molecule has 16 heavy (non-hydrogen) atoms. The number of nitrogens with zero attached hydrogens (tertiary/aromatic N) is 2. The Morgan fingerprint density at radius 1 is 1.50 bits per heavy atom. The highest BCUT2D eigenvalue weighted by molar-refractivity contribution is 6.31. The quantitative estimate of drug-likeness (QED) is 0.776. The molecule has 0 radical (unpaired) electrons. The van der Waals surface area contributed by atoms with Crippen LogP contribution >= 0.6 is 11.6 Å². The minimum atomic E-state index is 0.799. The van der Waals surface area contributed by atoms with Gasteiger partial charge in [-0.2, -0.15) is 5.10 Å². The fourth-order valence-corrected chi connectivity index (χ4v) is 2.19. The lowest BCUT2D eigenvalue weighted by Crippen LogP contribution is -2.18. The summed E-state index contributed by atoms with van der Waals surface area (Å²) in [6, 6.07) is 0.799. The topological polar surface area (TPSA) is 29.9 Å². The van der Waals surface area contributed by atoms with Crippen molar-refractivity contribution in [2.75, 3.05) is 6.54 Å². The molecule has 0 unspecified atom stereocenters. The zero-order valence-electron chi connectivity index (χ0n) is 10.1. The molecule has 1 aliphatic rings. The van der Waals surface area contributed by atoms with Crippen LogP contribution in [0, 0.1) is 6.92 Å². The summed E-state index contributed by atoms with van der Waals surface area (Å²) in [4.78, 5) is 0. The molecule has 0 aliphatic heterocycles. The van der Waals surface area contributed by atoms with Crippen LogP contribution in [-0.2, 0) is 13.0 Å². The van der Waals surface area contributed by atoms with Gasteiger partial charge in [0.2, 0.25) is 0 Å². The molecule has 0 saturated heterocycles. The molecule has 1 aromatic heterocycles. The Hall–Kier alpha value is -0.540. The summed E-state index contributed by atoms with van der Waals surface area (Å²) >= 11 is 6.24. The molecule has 2 rings (SSSR count). The van der Waals surface area contributed by atoms with Crippen LogP contribution < -0.4 is 5.32 Å². The van der Waals surface area contributed by atoms with E-state index in [2.05, 4.69) is 17.3 Å². The Kier molecular flexibility index (Phi) is 3.87. The predicted octanol–water partition coefficient (Wildman–Crippen LogP) is 2.55. The van der Waals surface area contributed by atoms with E-state index in [9.17, 15) is 0 Å². The first kappa shape index (κ1) is 11.9. The highest BCUT2D eigenvalue weighted by atomic mass is 35.5. The van der Waals surface area contributed by atoms with E-state index in [0.29, 0.717) is 0 Å². The summed E-state index contributed by atoms with van der Waals surface area (Å²) in [7, 11) is 0. The Labute approximate surface area is 102 Å². The molecular weight excluding hydrogens is 222 g/mol. The Balaban J connectivity index is 1.86. The van der Waals surface area contributed by atoms with E-state index in [1.807, 2.05) is 11.6 Å². The van der Waals surface area contributed by atoms with Crippen molar-refractivity contribution in [2.45, 2.75) is 52.1 Å². The first-order valence-corrected chi connectivity index (χ1v) is 6.55. The Morgan fingerprint density at radius 3 is 2.88 bits per heavy atom. The van der Waals surface area contributed by atoms with E-state index in [-0.39, 0.29) is 0 Å². The van der Waals surface area contributed by atoms with E-state index < -0.39 is 0 Å². The minimum Gasteiger partial charge on any atom is -0.314 e. The number of rotatable bonds is 6. The van der Waals surface area contributed by atoms with Crippen molar-refractivity contribution in [1.29, 1.82) is 0 Å². The molecule has 1 fully saturated rings. The maximum absolute atomic E-state index is 6.24. The molecule has 0 bridgehead atoms. The van der Waals surface area contributed by atoms with Gasteiger partial charge in [-0.25, -0.2) is 0 Å². The molecule has 90 valence electrons. The van der Waals surface area contributed by atoms with Crippen molar-refractivity contribution in [3.63, 3.8) is 0 Å². The first-order chi connectivity index (χ1) is 7.72. The van der Waals surface area contributed by atoms with Gasteiger partial charge >= 0.3 is 0 Å². The summed E-state index contributed by atoms with van der Waals surface area (Å²) in [6.45, 7) is 6.07. The van der Waals surface area contributed by atoms with Crippen LogP contribution in [0.25, 0.3) is 0 Å². The molecule has 0 aromatic carbocycles. The molecule has 1 heterocycles. The monoisotopic (exact) mass is 241 g/mol. The van der Waals surface area contributed by atoms with Crippen LogP contribution in [0.4, 0.5) is 0 Å². The maximum Gasteiger partial charge on any atom is 0.0847 e. The minimum absolute atomic E-state index is 0.799. The lowest BCUT2D eigenvalue weighted by molar-refractivity contribution is 0.586. The Morgan fingerprint density at radius 2 is 2.25 bits per heavy atom. The summed E-state index contributed by atoms with van der Waals surface area (Å²) in [6.07, 6.45) is 4.87. The molecule has 0 spiro atoms. The van der Waals surface area contributed by atoms with Crippen LogP contribution in [0.15, 0.2) is 0 Å². The van der Waals surface area contributed by atoms with Crippen molar-refractivity contribution in [1.82, 2.24) is 15.1 Å². The van der Waals surface area contributed by atoms with Gasteiger partial charge in [-0.15, -0.1) is 0 Å². The second kappa shape index (κ2) is 5.19. The van der Waals surface area contributed by atoms with Gasteiger partial charge in [0.05, 0.1) is 16.4 Å². The van der Waals surface area contributed by atoms with Crippen LogP contribution in [-0.4, -0.2) is 22.4 Å². The molecule has 1 saturated carbocycles. The third-order valence-corrected chi connectivity index (χ3v) is 3.55. The summed E-state index contributed by atoms with van der Waals surface area (Å²) in [5.74, 6) is 0. The van der Waals surface area contributed by atoms with Crippen molar-refractivity contribution in [3.05, 3.63) is 16.4 Å². The molecule has 4 heteroatoms.